The smallest absolute Gasteiger partial charge is 0.331 e. The minimum atomic E-state index is -3.28. The van der Waals surface area contributed by atoms with Crippen LogP contribution >= 0.6 is 0 Å². The third-order valence-corrected chi connectivity index (χ3v) is 3.55. The number of ether oxygens (including phenoxy) is 1. The molecule has 1 aromatic heterocycles. The van der Waals surface area contributed by atoms with Crippen molar-refractivity contribution in [2.75, 3.05) is 13.7 Å². The molecule has 0 unspecified atom stereocenters. The highest BCUT2D eigenvalue weighted by molar-refractivity contribution is 5.35. The van der Waals surface area contributed by atoms with Crippen molar-refractivity contribution in [2.24, 2.45) is 5.73 Å². The first-order valence-electron chi connectivity index (χ1n) is 7.62. The summed E-state index contributed by atoms with van der Waals surface area (Å²) < 4.78 is 34.7. The summed E-state index contributed by atoms with van der Waals surface area (Å²) in [6, 6.07) is 7.55. The van der Waals surface area contributed by atoms with Crippen LogP contribution in [0, 0.1) is 0 Å². The number of nitrogens with zero attached hydrogens (tertiary/aromatic N) is 2. The predicted molar refractivity (Wildman–Crippen MR) is 84.8 cm³/mol. The number of alkyl halides is 2. The molecule has 124 valence electrons. The standard InChI is InChI=1S/C17H21F2N3O/c1-3-7-14-13(10-11-20)15(23-2)22-16(21-14)17(18,19)12-8-5-4-6-9-12/h4-6,8-9H,3,7,10-11,20H2,1-2H3. The van der Waals surface area contributed by atoms with E-state index in [1.54, 1.807) is 18.2 Å². The fraction of sp³-hybridized carbons (Fsp3) is 0.412. The molecule has 0 aliphatic carbocycles. The molecule has 1 heterocycles. The fourth-order valence-electron chi connectivity index (χ4n) is 2.43. The maximum Gasteiger partial charge on any atom is 0.331 e. The summed E-state index contributed by atoms with van der Waals surface area (Å²) in [6.45, 7) is 2.35. The van der Waals surface area contributed by atoms with Crippen molar-refractivity contribution < 1.29 is 13.5 Å². The molecular formula is C17H21F2N3O. The molecule has 0 radical (unpaired) electrons. The van der Waals surface area contributed by atoms with Gasteiger partial charge in [0, 0.05) is 11.1 Å². The third-order valence-electron chi connectivity index (χ3n) is 3.55. The van der Waals surface area contributed by atoms with E-state index in [-0.39, 0.29) is 11.4 Å². The molecular weight excluding hydrogens is 300 g/mol. The van der Waals surface area contributed by atoms with Crippen molar-refractivity contribution in [3.05, 3.63) is 53.0 Å². The van der Waals surface area contributed by atoms with Crippen LogP contribution in [0.1, 0.15) is 36.0 Å². The topological polar surface area (TPSA) is 61.0 Å². The van der Waals surface area contributed by atoms with Gasteiger partial charge in [-0.25, -0.2) is 4.98 Å². The van der Waals surface area contributed by atoms with Crippen molar-refractivity contribution in [1.29, 1.82) is 0 Å². The lowest BCUT2D eigenvalue weighted by atomic mass is 10.0. The van der Waals surface area contributed by atoms with Gasteiger partial charge in [0.2, 0.25) is 11.7 Å². The Morgan fingerprint density at radius 3 is 2.39 bits per heavy atom. The summed E-state index contributed by atoms with van der Waals surface area (Å²) in [5, 5.41) is 0. The SMILES string of the molecule is CCCc1nc(C(F)(F)c2ccccc2)nc(OC)c1CCN. The van der Waals surface area contributed by atoms with E-state index < -0.39 is 11.7 Å². The van der Waals surface area contributed by atoms with Gasteiger partial charge < -0.3 is 10.5 Å². The van der Waals surface area contributed by atoms with Gasteiger partial charge in [0.1, 0.15) is 0 Å². The zero-order valence-corrected chi connectivity index (χ0v) is 13.4. The lowest BCUT2D eigenvalue weighted by Gasteiger charge is -2.19. The van der Waals surface area contributed by atoms with Crippen LogP contribution in [0.3, 0.4) is 0 Å². The Morgan fingerprint density at radius 2 is 1.83 bits per heavy atom. The molecule has 0 bridgehead atoms. The largest absolute Gasteiger partial charge is 0.481 e. The number of aromatic nitrogens is 2. The molecule has 0 aliphatic heterocycles. The second kappa shape index (κ2) is 7.46. The van der Waals surface area contributed by atoms with Crippen molar-refractivity contribution >= 4 is 0 Å². The molecule has 2 N–H and O–H groups in total. The maximum atomic E-state index is 14.7. The number of aryl methyl sites for hydroxylation is 1. The minimum Gasteiger partial charge on any atom is -0.481 e. The van der Waals surface area contributed by atoms with Crippen LogP contribution in [0.4, 0.5) is 8.78 Å². The zero-order chi connectivity index (χ0) is 16.9. The molecule has 0 amide bonds. The molecule has 0 aliphatic rings. The van der Waals surface area contributed by atoms with Gasteiger partial charge in [0.05, 0.1) is 12.8 Å². The number of rotatable bonds is 7. The van der Waals surface area contributed by atoms with Gasteiger partial charge in [-0.05, 0) is 19.4 Å². The van der Waals surface area contributed by atoms with Crippen LogP contribution in [0.5, 0.6) is 5.88 Å². The highest BCUT2D eigenvalue weighted by atomic mass is 19.3. The van der Waals surface area contributed by atoms with E-state index in [0.29, 0.717) is 30.6 Å². The summed E-state index contributed by atoms with van der Waals surface area (Å²) in [5.41, 5.74) is 6.75. The highest BCUT2D eigenvalue weighted by Crippen LogP contribution is 2.35. The number of methoxy groups -OCH3 is 1. The average molecular weight is 321 g/mol. The Kier molecular flexibility index (Phi) is 5.60. The Bertz CT molecular complexity index is 648. The molecule has 0 atom stereocenters. The Hall–Kier alpha value is -2.08. The molecule has 4 nitrogen and oxygen atoms in total. The van der Waals surface area contributed by atoms with E-state index in [1.165, 1.54) is 19.2 Å². The van der Waals surface area contributed by atoms with Crippen LogP contribution in [0.15, 0.2) is 30.3 Å². The van der Waals surface area contributed by atoms with Gasteiger partial charge in [-0.3, -0.25) is 0 Å². The van der Waals surface area contributed by atoms with Gasteiger partial charge in [0.25, 0.3) is 0 Å². The van der Waals surface area contributed by atoms with Gasteiger partial charge in [0.15, 0.2) is 0 Å². The molecule has 0 fully saturated rings. The molecule has 0 spiro atoms. The summed E-state index contributed by atoms with van der Waals surface area (Å²) in [4.78, 5) is 8.10. The molecule has 23 heavy (non-hydrogen) atoms. The quantitative estimate of drug-likeness (QED) is 0.851. The summed E-state index contributed by atoms with van der Waals surface area (Å²) in [7, 11) is 1.42. The molecule has 0 saturated heterocycles. The van der Waals surface area contributed by atoms with Crippen molar-refractivity contribution in [3.8, 4) is 5.88 Å². The number of hydrogen-bond donors (Lipinski definition) is 1. The van der Waals surface area contributed by atoms with E-state index in [1.807, 2.05) is 6.92 Å². The zero-order valence-electron chi connectivity index (χ0n) is 13.4. The van der Waals surface area contributed by atoms with E-state index in [0.717, 1.165) is 6.42 Å². The van der Waals surface area contributed by atoms with Gasteiger partial charge >= 0.3 is 5.92 Å². The number of halogens is 2. The summed E-state index contributed by atoms with van der Waals surface area (Å²) in [5.74, 6) is -3.64. The van der Waals surface area contributed by atoms with Crippen LogP contribution in [-0.2, 0) is 18.8 Å². The van der Waals surface area contributed by atoms with Crippen LogP contribution in [0.2, 0.25) is 0 Å². The van der Waals surface area contributed by atoms with Crippen molar-refractivity contribution in [2.45, 2.75) is 32.1 Å². The van der Waals surface area contributed by atoms with Crippen molar-refractivity contribution in [3.63, 3.8) is 0 Å². The highest BCUT2D eigenvalue weighted by Gasteiger charge is 2.38. The van der Waals surface area contributed by atoms with Gasteiger partial charge in [-0.15, -0.1) is 0 Å². The van der Waals surface area contributed by atoms with E-state index >= 15 is 0 Å². The normalized spacial score (nSPS) is 11.5. The van der Waals surface area contributed by atoms with Crippen LogP contribution < -0.4 is 10.5 Å². The average Bonchev–Trinajstić information content (AvgIpc) is 2.57. The number of benzene rings is 1. The van der Waals surface area contributed by atoms with Gasteiger partial charge in [-0.1, -0.05) is 43.7 Å². The first-order valence-corrected chi connectivity index (χ1v) is 7.62. The van der Waals surface area contributed by atoms with E-state index in [9.17, 15) is 8.78 Å². The first-order chi connectivity index (χ1) is 11.0. The van der Waals surface area contributed by atoms with Crippen molar-refractivity contribution in [1.82, 2.24) is 9.97 Å². The fourth-order valence-corrected chi connectivity index (χ4v) is 2.43. The van der Waals surface area contributed by atoms with Crippen LogP contribution in [0.25, 0.3) is 0 Å². The molecule has 6 heteroatoms. The lowest BCUT2D eigenvalue weighted by molar-refractivity contribution is 0.0318. The van der Waals surface area contributed by atoms with Gasteiger partial charge in [-0.2, -0.15) is 13.8 Å². The van der Waals surface area contributed by atoms with E-state index in [2.05, 4.69) is 9.97 Å². The second-order valence-electron chi connectivity index (χ2n) is 5.21. The molecule has 0 saturated carbocycles. The summed E-state index contributed by atoms with van der Waals surface area (Å²) >= 11 is 0. The Balaban J connectivity index is 2.56. The second-order valence-corrected chi connectivity index (χ2v) is 5.21. The number of nitrogens with two attached hydrogens (primary N) is 1. The van der Waals surface area contributed by atoms with Crippen LogP contribution in [-0.4, -0.2) is 23.6 Å². The first kappa shape index (κ1) is 17.3. The monoisotopic (exact) mass is 321 g/mol. The molecule has 2 aromatic rings. The minimum absolute atomic E-state index is 0.143. The molecule has 1 aromatic carbocycles. The van der Waals surface area contributed by atoms with E-state index in [4.69, 9.17) is 10.5 Å². The molecule has 2 rings (SSSR count). The maximum absolute atomic E-state index is 14.7. The lowest BCUT2D eigenvalue weighted by Crippen LogP contribution is -2.22. The predicted octanol–water partition coefficient (Wildman–Crippen LogP) is 3.08. The Labute approximate surface area is 134 Å². The Morgan fingerprint density at radius 1 is 1.13 bits per heavy atom. The number of hydrogen-bond acceptors (Lipinski definition) is 4. The summed E-state index contributed by atoms with van der Waals surface area (Å²) in [6.07, 6.45) is 1.86. The third kappa shape index (κ3) is 3.64.